The van der Waals surface area contributed by atoms with Gasteiger partial charge in [-0.05, 0) is 37.6 Å². The molecule has 1 nitrogen and oxygen atoms in total. The maximum absolute atomic E-state index is 3.57. The molecule has 0 bridgehead atoms. The Balaban J connectivity index is 2.06. The fourth-order valence-electron chi connectivity index (χ4n) is 2.61. The first kappa shape index (κ1) is 15.7. The second kappa shape index (κ2) is 7.96. The van der Waals surface area contributed by atoms with Gasteiger partial charge in [0.05, 0.1) is 0 Å². The summed E-state index contributed by atoms with van der Waals surface area (Å²) in [5.74, 6) is 2.61. The molecule has 106 valence electrons. The van der Waals surface area contributed by atoms with Crippen LogP contribution in [0, 0.1) is 0 Å². The van der Waals surface area contributed by atoms with Crippen molar-refractivity contribution in [3.05, 3.63) is 34.3 Å². The minimum absolute atomic E-state index is 0.567. The van der Waals surface area contributed by atoms with Gasteiger partial charge in [0.1, 0.15) is 0 Å². The van der Waals surface area contributed by atoms with E-state index in [0.717, 1.165) is 16.9 Å². The minimum atomic E-state index is 0.567. The molecule has 2 rings (SSSR count). The number of likely N-dealkylation sites (N-methyl/N-ethyl adjacent to an activating group) is 1. The summed E-state index contributed by atoms with van der Waals surface area (Å²) in [5, 5.41) is 5.08. The van der Waals surface area contributed by atoms with Crippen molar-refractivity contribution in [2.24, 2.45) is 0 Å². The Morgan fingerprint density at radius 1 is 1.37 bits per heavy atom. The summed E-state index contributed by atoms with van der Waals surface area (Å²) >= 11 is 7.88. The van der Waals surface area contributed by atoms with Gasteiger partial charge in [-0.25, -0.2) is 0 Å². The molecule has 0 amide bonds. The van der Waals surface area contributed by atoms with Gasteiger partial charge in [0.25, 0.3) is 0 Å². The molecule has 1 fully saturated rings. The van der Waals surface area contributed by atoms with Gasteiger partial charge in [0.2, 0.25) is 0 Å². The smallest absolute Gasteiger partial charge is 0.0323 e. The Morgan fingerprint density at radius 2 is 2.16 bits per heavy atom. The minimum Gasteiger partial charge on any atom is -0.316 e. The molecule has 0 radical (unpaired) electrons. The first-order valence-electron chi connectivity index (χ1n) is 6.89. The molecule has 1 aliphatic heterocycles. The van der Waals surface area contributed by atoms with Crippen LogP contribution in [0.15, 0.2) is 28.7 Å². The van der Waals surface area contributed by atoms with Crippen LogP contribution in [0.5, 0.6) is 0 Å². The topological polar surface area (TPSA) is 12.0 Å². The maximum atomic E-state index is 3.57. The van der Waals surface area contributed by atoms with Crippen molar-refractivity contribution in [2.45, 2.75) is 36.3 Å². The Hall–Kier alpha value is 0.360. The number of benzene rings is 1. The van der Waals surface area contributed by atoms with Gasteiger partial charge in [-0.15, -0.1) is 0 Å². The Labute approximate surface area is 133 Å². The van der Waals surface area contributed by atoms with E-state index in [4.69, 9.17) is 0 Å². The predicted octanol–water partition coefficient (Wildman–Crippen LogP) is 4.21. The third-order valence-corrected chi connectivity index (χ3v) is 7.51. The molecule has 1 aliphatic rings. The molecule has 0 aromatic heterocycles. The molecule has 0 aliphatic carbocycles. The Bertz CT molecular complexity index is 399. The van der Waals surface area contributed by atoms with E-state index in [1.54, 1.807) is 0 Å². The zero-order valence-corrected chi connectivity index (χ0v) is 14.8. The summed E-state index contributed by atoms with van der Waals surface area (Å²) in [6, 6.07) is 9.27. The van der Waals surface area contributed by atoms with Crippen LogP contribution >= 0.6 is 39.5 Å². The van der Waals surface area contributed by atoms with Crippen molar-refractivity contribution in [1.29, 1.82) is 0 Å². The summed E-state index contributed by atoms with van der Waals surface area (Å²) in [7, 11) is 2.11. The van der Waals surface area contributed by atoms with E-state index in [1.807, 2.05) is 0 Å². The average molecular weight is 360 g/mol. The summed E-state index contributed by atoms with van der Waals surface area (Å²) in [5.41, 5.74) is 1.42. The molecule has 3 atom stereocenters. The van der Waals surface area contributed by atoms with Gasteiger partial charge < -0.3 is 5.32 Å². The molecule has 1 N–H and O–H groups in total. The second-order valence-electron chi connectivity index (χ2n) is 4.88. The van der Waals surface area contributed by atoms with E-state index in [2.05, 4.69) is 83.0 Å². The fraction of sp³-hybridized carbons (Fsp3) is 0.600. The van der Waals surface area contributed by atoms with E-state index < -0.39 is 0 Å². The third kappa shape index (κ3) is 4.42. The number of halogens is 1. The van der Waals surface area contributed by atoms with Gasteiger partial charge in [-0.1, -0.05) is 35.0 Å². The highest BCUT2D eigenvalue weighted by atomic mass is 79.9. The second-order valence-corrected chi connectivity index (χ2v) is 8.43. The highest BCUT2D eigenvalue weighted by Crippen LogP contribution is 2.36. The molecule has 19 heavy (non-hydrogen) atoms. The van der Waals surface area contributed by atoms with Crippen LogP contribution < -0.4 is 5.32 Å². The van der Waals surface area contributed by atoms with Crippen LogP contribution in [0.1, 0.15) is 18.9 Å². The van der Waals surface area contributed by atoms with Crippen molar-refractivity contribution < 1.29 is 0 Å². The van der Waals surface area contributed by atoms with Gasteiger partial charge in [0.15, 0.2) is 0 Å². The van der Waals surface area contributed by atoms with Crippen molar-refractivity contribution in [2.75, 3.05) is 18.6 Å². The normalized spacial score (nSPS) is 25.2. The van der Waals surface area contributed by atoms with Gasteiger partial charge >= 0.3 is 0 Å². The van der Waals surface area contributed by atoms with E-state index in [1.165, 1.54) is 28.0 Å². The zero-order chi connectivity index (χ0) is 13.7. The van der Waals surface area contributed by atoms with Crippen LogP contribution in [-0.2, 0) is 6.42 Å². The lowest BCUT2D eigenvalue weighted by molar-refractivity contribution is 0.517. The summed E-state index contributed by atoms with van der Waals surface area (Å²) in [6.45, 7) is 2.32. The van der Waals surface area contributed by atoms with Gasteiger partial charge in [0, 0.05) is 32.5 Å². The molecular formula is C15H22BrNS2. The number of hydrogen-bond donors (Lipinski definition) is 1. The van der Waals surface area contributed by atoms with E-state index in [0.29, 0.717) is 6.04 Å². The van der Waals surface area contributed by atoms with Crippen LogP contribution in [-0.4, -0.2) is 35.1 Å². The lowest BCUT2D eigenvalue weighted by Gasteiger charge is -2.36. The largest absolute Gasteiger partial charge is 0.316 e. The molecule has 4 heteroatoms. The van der Waals surface area contributed by atoms with Crippen molar-refractivity contribution in [3.63, 3.8) is 0 Å². The Morgan fingerprint density at radius 3 is 2.84 bits per heavy atom. The first-order valence-corrected chi connectivity index (χ1v) is 9.78. The average Bonchev–Trinajstić information content (AvgIpc) is 2.45. The third-order valence-electron chi connectivity index (χ3n) is 3.61. The Kier molecular flexibility index (Phi) is 6.60. The number of hydrogen-bond acceptors (Lipinski definition) is 3. The maximum Gasteiger partial charge on any atom is 0.0323 e. The quantitative estimate of drug-likeness (QED) is 0.845. The summed E-state index contributed by atoms with van der Waals surface area (Å²) in [6.07, 6.45) is 2.39. The standard InChI is InChI=1S/C15H22BrNS2/c1-3-14-15(19-8-7-18-14)13(17-2)10-11-5-4-6-12(16)9-11/h4-6,9,13-15,17H,3,7-8,10H2,1-2H3. The zero-order valence-electron chi connectivity index (χ0n) is 11.6. The summed E-state index contributed by atoms with van der Waals surface area (Å²) in [4.78, 5) is 0. The molecule has 1 aromatic rings. The highest BCUT2D eigenvalue weighted by molar-refractivity contribution is 9.10. The SMILES string of the molecule is CCC1SCCSC1C(Cc1cccc(Br)c1)NC. The monoisotopic (exact) mass is 359 g/mol. The van der Waals surface area contributed by atoms with Crippen molar-refractivity contribution in [1.82, 2.24) is 5.32 Å². The lowest BCUT2D eigenvalue weighted by atomic mass is 10.0. The molecule has 0 spiro atoms. The van der Waals surface area contributed by atoms with Gasteiger partial charge in [-0.3, -0.25) is 0 Å². The van der Waals surface area contributed by atoms with E-state index in [9.17, 15) is 0 Å². The molecule has 0 saturated carbocycles. The number of thioether (sulfide) groups is 2. The van der Waals surface area contributed by atoms with Crippen LogP contribution in [0.4, 0.5) is 0 Å². The highest BCUT2D eigenvalue weighted by Gasteiger charge is 2.31. The fourth-order valence-corrected chi connectivity index (χ4v) is 6.36. The number of nitrogens with one attached hydrogen (secondary N) is 1. The van der Waals surface area contributed by atoms with Crippen molar-refractivity contribution >= 4 is 39.5 Å². The predicted molar refractivity (Wildman–Crippen MR) is 93.5 cm³/mol. The van der Waals surface area contributed by atoms with Gasteiger partial charge in [-0.2, -0.15) is 23.5 Å². The lowest BCUT2D eigenvalue weighted by Crippen LogP contribution is -2.44. The number of rotatable bonds is 5. The molecule has 3 unspecified atom stereocenters. The van der Waals surface area contributed by atoms with Crippen molar-refractivity contribution in [3.8, 4) is 0 Å². The van der Waals surface area contributed by atoms with Crippen LogP contribution in [0.2, 0.25) is 0 Å². The van der Waals surface area contributed by atoms with Crippen LogP contribution in [0.25, 0.3) is 0 Å². The first-order chi connectivity index (χ1) is 9.24. The molecule has 1 saturated heterocycles. The summed E-state index contributed by atoms with van der Waals surface area (Å²) < 4.78 is 1.18. The van der Waals surface area contributed by atoms with E-state index in [-0.39, 0.29) is 0 Å². The van der Waals surface area contributed by atoms with E-state index >= 15 is 0 Å². The molecular weight excluding hydrogens is 338 g/mol. The molecule has 1 heterocycles. The molecule has 1 aromatic carbocycles. The van der Waals surface area contributed by atoms with Crippen LogP contribution in [0.3, 0.4) is 0 Å².